The van der Waals surface area contributed by atoms with Gasteiger partial charge in [-0.1, -0.05) is 13.8 Å². The summed E-state index contributed by atoms with van der Waals surface area (Å²) in [6, 6.07) is 2.45. The second kappa shape index (κ2) is 7.49. The molecule has 0 spiro atoms. The number of alkyl halides is 3. The van der Waals surface area contributed by atoms with Crippen molar-refractivity contribution in [1.82, 2.24) is 4.90 Å². The van der Waals surface area contributed by atoms with Crippen LogP contribution in [0, 0.1) is 15.4 Å². The number of carbonyl (C=O) groups excluding carboxylic acids is 1. The fraction of sp³-hybridized carbons (Fsp3) is 0.588. The molecule has 1 aliphatic heterocycles. The Hall–Kier alpha value is -0.990. The summed E-state index contributed by atoms with van der Waals surface area (Å²) in [5.41, 5.74) is -0.633. The van der Waals surface area contributed by atoms with Gasteiger partial charge in [-0.2, -0.15) is 13.2 Å². The Balaban J connectivity index is 2.12. The molecule has 1 saturated heterocycles. The zero-order chi connectivity index (χ0) is 18.1. The summed E-state index contributed by atoms with van der Waals surface area (Å²) in [6.07, 6.45) is -2.46. The topological polar surface area (TPSA) is 40.5 Å². The Kier molecular flexibility index (Phi) is 6.04. The average Bonchev–Trinajstić information content (AvgIpc) is 2.49. The largest absolute Gasteiger partial charge is 0.506 e. The molecular formula is C17H21F3INO2. The van der Waals surface area contributed by atoms with E-state index >= 15 is 0 Å². The first-order chi connectivity index (χ1) is 11.1. The minimum Gasteiger partial charge on any atom is -0.506 e. The van der Waals surface area contributed by atoms with Crippen LogP contribution in [0.15, 0.2) is 12.1 Å². The predicted octanol–water partition coefficient (Wildman–Crippen LogP) is 4.45. The van der Waals surface area contributed by atoms with E-state index in [2.05, 4.69) is 6.92 Å². The summed E-state index contributed by atoms with van der Waals surface area (Å²) in [4.78, 5) is 14.3. The van der Waals surface area contributed by atoms with Gasteiger partial charge in [0.15, 0.2) is 0 Å². The van der Waals surface area contributed by atoms with Crippen LogP contribution in [0.5, 0.6) is 5.75 Å². The Morgan fingerprint density at radius 3 is 2.50 bits per heavy atom. The van der Waals surface area contributed by atoms with Gasteiger partial charge >= 0.3 is 6.18 Å². The summed E-state index contributed by atoms with van der Waals surface area (Å²) in [7, 11) is 0. The third kappa shape index (κ3) is 4.55. The lowest BCUT2D eigenvalue weighted by Crippen LogP contribution is -2.41. The molecule has 0 saturated carbocycles. The Labute approximate surface area is 153 Å². The molecule has 24 heavy (non-hydrogen) atoms. The number of carbonyl (C=O) groups is 1. The number of piperidine rings is 1. The lowest BCUT2D eigenvalue weighted by atomic mass is 9.95. The van der Waals surface area contributed by atoms with E-state index in [-0.39, 0.29) is 21.8 Å². The van der Waals surface area contributed by atoms with Crippen LogP contribution in [0.2, 0.25) is 0 Å². The smallest absolute Gasteiger partial charge is 0.420 e. The molecule has 0 aromatic heterocycles. The van der Waals surface area contributed by atoms with Crippen LogP contribution in [-0.2, 0) is 17.4 Å². The first-order valence-corrected chi connectivity index (χ1v) is 9.04. The molecule has 0 aliphatic carbocycles. The number of phenolic OH excluding ortho intramolecular Hbond substituents is 1. The first-order valence-electron chi connectivity index (χ1n) is 7.97. The maximum atomic E-state index is 13.0. The number of benzene rings is 1. The molecule has 0 unspecified atom stereocenters. The highest BCUT2D eigenvalue weighted by atomic mass is 127. The van der Waals surface area contributed by atoms with Gasteiger partial charge in [0.2, 0.25) is 5.91 Å². The first kappa shape index (κ1) is 19.3. The maximum Gasteiger partial charge on any atom is 0.420 e. The number of hydrogen-bond acceptors (Lipinski definition) is 2. The molecule has 1 aromatic carbocycles. The number of amides is 1. The lowest BCUT2D eigenvalue weighted by molar-refractivity contribution is -0.138. The van der Waals surface area contributed by atoms with Crippen LogP contribution in [0.25, 0.3) is 0 Å². The van der Waals surface area contributed by atoms with Crippen molar-refractivity contribution in [2.24, 2.45) is 11.8 Å². The molecule has 1 amide bonds. The summed E-state index contributed by atoms with van der Waals surface area (Å²) in [5.74, 6) is -0.549. The van der Waals surface area contributed by atoms with Crippen LogP contribution in [0.3, 0.4) is 0 Å². The SMILES string of the molecule is CC1CCN(C(=O)[C@H](C)Cc2cc(I)c(O)c(C(F)(F)F)c2)CC1. The number of phenols is 1. The third-order valence-electron chi connectivity index (χ3n) is 4.49. The molecule has 1 aromatic rings. The number of aromatic hydroxyl groups is 1. The van der Waals surface area contributed by atoms with Gasteiger partial charge in [0, 0.05) is 19.0 Å². The Morgan fingerprint density at radius 1 is 1.38 bits per heavy atom. The Morgan fingerprint density at radius 2 is 1.96 bits per heavy atom. The minimum atomic E-state index is -4.61. The number of likely N-dealkylation sites (tertiary alicyclic amines) is 1. The van der Waals surface area contributed by atoms with Crippen molar-refractivity contribution in [3.05, 3.63) is 26.8 Å². The van der Waals surface area contributed by atoms with Crippen LogP contribution in [0.1, 0.15) is 37.8 Å². The highest BCUT2D eigenvalue weighted by Gasteiger charge is 2.35. The van der Waals surface area contributed by atoms with Crippen LogP contribution >= 0.6 is 22.6 Å². The third-order valence-corrected chi connectivity index (χ3v) is 5.31. The molecule has 7 heteroatoms. The molecule has 1 N–H and O–H groups in total. The van der Waals surface area contributed by atoms with E-state index in [9.17, 15) is 23.1 Å². The molecule has 3 nitrogen and oxygen atoms in total. The minimum absolute atomic E-state index is 0.0152. The van der Waals surface area contributed by atoms with Crippen molar-refractivity contribution in [3.63, 3.8) is 0 Å². The van der Waals surface area contributed by atoms with Crippen molar-refractivity contribution >= 4 is 28.5 Å². The molecule has 2 rings (SSSR count). The monoisotopic (exact) mass is 455 g/mol. The van der Waals surface area contributed by atoms with Gasteiger partial charge in [-0.3, -0.25) is 4.79 Å². The summed E-state index contributed by atoms with van der Waals surface area (Å²) in [6.45, 7) is 5.33. The van der Waals surface area contributed by atoms with Crippen molar-refractivity contribution in [2.75, 3.05) is 13.1 Å². The average molecular weight is 455 g/mol. The number of nitrogens with zero attached hydrogens (tertiary/aromatic N) is 1. The van der Waals surface area contributed by atoms with E-state index in [0.717, 1.165) is 18.9 Å². The quantitative estimate of drug-likeness (QED) is 0.685. The molecular weight excluding hydrogens is 434 g/mol. The van der Waals surface area contributed by atoms with E-state index in [0.29, 0.717) is 24.6 Å². The summed E-state index contributed by atoms with van der Waals surface area (Å²) in [5, 5.41) is 9.63. The lowest BCUT2D eigenvalue weighted by Gasteiger charge is -2.32. The molecule has 1 atom stereocenters. The fourth-order valence-electron chi connectivity index (χ4n) is 2.97. The molecule has 134 valence electrons. The van der Waals surface area contributed by atoms with Crippen molar-refractivity contribution in [2.45, 2.75) is 39.3 Å². The van der Waals surface area contributed by atoms with Gasteiger partial charge in [0.25, 0.3) is 0 Å². The van der Waals surface area contributed by atoms with Gasteiger partial charge in [-0.05, 0) is 65.5 Å². The van der Waals surface area contributed by atoms with Crippen molar-refractivity contribution < 1.29 is 23.1 Å². The van der Waals surface area contributed by atoms with Gasteiger partial charge in [-0.25, -0.2) is 0 Å². The Bertz CT molecular complexity index is 611. The molecule has 1 heterocycles. The van der Waals surface area contributed by atoms with Crippen LogP contribution < -0.4 is 0 Å². The zero-order valence-corrected chi connectivity index (χ0v) is 15.8. The van der Waals surface area contributed by atoms with E-state index in [1.54, 1.807) is 34.4 Å². The maximum absolute atomic E-state index is 13.0. The molecule has 1 fully saturated rings. The van der Waals surface area contributed by atoms with E-state index < -0.39 is 17.5 Å². The number of halogens is 4. The fourth-order valence-corrected chi connectivity index (χ4v) is 3.66. The van der Waals surface area contributed by atoms with Gasteiger partial charge < -0.3 is 10.0 Å². The zero-order valence-electron chi connectivity index (χ0n) is 13.7. The van der Waals surface area contributed by atoms with E-state index in [4.69, 9.17) is 0 Å². The second-order valence-electron chi connectivity index (χ2n) is 6.58. The summed E-state index contributed by atoms with van der Waals surface area (Å²) < 4.78 is 39.1. The normalized spacial score (nSPS) is 17.8. The highest BCUT2D eigenvalue weighted by molar-refractivity contribution is 14.1. The van der Waals surface area contributed by atoms with Gasteiger partial charge in [0.1, 0.15) is 5.75 Å². The molecule has 0 radical (unpaired) electrons. The van der Waals surface area contributed by atoms with E-state index in [1.807, 2.05) is 0 Å². The highest BCUT2D eigenvalue weighted by Crippen LogP contribution is 2.39. The number of hydrogen-bond donors (Lipinski definition) is 1. The van der Waals surface area contributed by atoms with E-state index in [1.165, 1.54) is 6.07 Å². The molecule has 1 aliphatic rings. The summed E-state index contributed by atoms with van der Waals surface area (Å²) >= 11 is 1.68. The second-order valence-corrected chi connectivity index (χ2v) is 7.75. The van der Waals surface area contributed by atoms with Crippen LogP contribution in [0.4, 0.5) is 13.2 Å². The number of rotatable bonds is 3. The van der Waals surface area contributed by atoms with Crippen LogP contribution in [-0.4, -0.2) is 29.0 Å². The van der Waals surface area contributed by atoms with Crippen molar-refractivity contribution in [1.29, 1.82) is 0 Å². The predicted molar refractivity (Wildman–Crippen MR) is 93.7 cm³/mol. The molecule has 0 bridgehead atoms. The van der Waals surface area contributed by atoms with Crippen molar-refractivity contribution in [3.8, 4) is 5.75 Å². The standard InChI is InChI=1S/C17H21F3INO2/c1-10-3-5-22(6-4-10)16(24)11(2)7-12-8-13(17(18,19)20)15(23)14(21)9-12/h8-11,23H,3-7H2,1-2H3/t11-/m1/s1. The van der Waals surface area contributed by atoms with Gasteiger partial charge in [0.05, 0.1) is 9.13 Å². The van der Waals surface area contributed by atoms with Gasteiger partial charge in [-0.15, -0.1) is 0 Å².